The minimum atomic E-state index is -0.0155. The van der Waals surface area contributed by atoms with Crippen LogP contribution in [0.25, 0.3) is 0 Å². The Hall–Kier alpha value is -1.63. The normalized spacial score (nSPS) is 25.4. The molecule has 6 nitrogen and oxygen atoms in total. The van der Waals surface area contributed by atoms with Gasteiger partial charge in [-0.2, -0.15) is 0 Å². The molecule has 2 heterocycles. The molecule has 6 heteroatoms. The van der Waals surface area contributed by atoms with Crippen LogP contribution in [0.2, 0.25) is 0 Å². The molecule has 0 radical (unpaired) electrons. The zero-order valence-corrected chi connectivity index (χ0v) is 15.0. The van der Waals surface area contributed by atoms with Crippen LogP contribution in [-0.4, -0.2) is 74.0 Å². The molecule has 2 fully saturated rings. The van der Waals surface area contributed by atoms with Gasteiger partial charge < -0.3 is 19.7 Å². The van der Waals surface area contributed by atoms with Crippen molar-refractivity contribution in [2.75, 3.05) is 46.0 Å². The number of hydrogen-bond donors (Lipinski definition) is 1. The maximum absolute atomic E-state index is 12.4. The summed E-state index contributed by atoms with van der Waals surface area (Å²) in [5.74, 6) is 0. The molecule has 0 unspecified atom stereocenters. The lowest BCUT2D eigenvalue weighted by Gasteiger charge is -2.33. The minimum absolute atomic E-state index is 0.0155. The fourth-order valence-electron chi connectivity index (χ4n) is 3.41. The van der Waals surface area contributed by atoms with E-state index in [1.807, 2.05) is 17.9 Å². The van der Waals surface area contributed by atoms with Crippen LogP contribution in [0.4, 0.5) is 4.79 Å². The molecule has 2 amide bonds. The van der Waals surface area contributed by atoms with Gasteiger partial charge in [-0.1, -0.05) is 30.3 Å². The van der Waals surface area contributed by atoms with Crippen LogP contribution in [0.15, 0.2) is 30.3 Å². The minimum Gasteiger partial charge on any atom is -0.377 e. The summed E-state index contributed by atoms with van der Waals surface area (Å²) in [5.41, 5.74) is 1.31. The quantitative estimate of drug-likeness (QED) is 0.901. The van der Waals surface area contributed by atoms with Crippen molar-refractivity contribution in [2.24, 2.45) is 0 Å². The van der Waals surface area contributed by atoms with Gasteiger partial charge >= 0.3 is 6.03 Å². The number of morpholine rings is 1. The highest BCUT2D eigenvalue weighted by Gasteiger charge is 2.25. The van der Waals surface area contributed by atoms with Gasteiger partial charge in [0.1, 0.15) is 0 Å². The van der Waals surface area contributed by atoms with E-state index in [1.165, 1.54) is 5.56 Å². The summed E-state index contributed by atoms with van der Waals surface area (Å²) in [6.07, 6.45) is 1.06. The molecule has 1 N–H and O–H groups in total. The standard InChI is InChI=1S/C19H29N3O3/c1-16-15-24-11-9-22(16)19(23)20-12-18-14-21(8-5-10-25-18)13-17-6-3-2-4-7-17/h2-4,6-7,16,18H,5,8-15H2,1H3,(H,20,23)/t16-,18+/m1/s1. The van der Waals surface area contributed by atoms with Crippen molar-refractivity contribution >= 4 is 6.03 Å². The molecule has 0 bridgehead atoms. The Balaban J connectivity index is 1.48. The summed E-state index contributed by atoms with van der Waals surface area (Å²) < 4.78 is 11.3. The molecule has 0 spiro atoms. The van der Waals surface area contributed by atoms with Gasteiger partial charge in [0.25, 0.3) is 0 Å². The second kappa shape index (κ2) is 9.17. The number of urea groups is 1. The lowest BCUT2D eigenvalue weighted by Crippen LogP contribution is -2.53. The van der Waals surface area contributed by atoms with Crippen LogP contribution in [0.1, 0.15) is 18.9 Å². The van der Waals surface area contributed by atoms with Crippen molar-refractivity contribution in [3.63, 3.8) is 0 Å². The lowest BCUT2D eigenvalue weighted by molar-refractivity contribution is 0.0162. The molecule has 2 aliphatic heterocycles. The van der Waals surface area contributed by atoms with Gasteiger partial charge in [0.05, 0.1) is 25.4 Å². The Morgan fingerprint density at radius 2 is 2.08 bits per heavy atom. The first-order chi connectivity index (χ1) is 12.2. The molecule has 2 aliphatic rings. The highest BCUT2D eigenvalue weighted by molar-refractivity contribution is 5.74. The highest BCUT2D eigenvalue weighted by atomic mass is 16.5. The molecule has 3 rings (SSSR count). The van der Waals surface area contributed by atoms with Crippen molar-refractivity contribution in [2.45, 2.75) is 32.0 Å². The van der Waals surface area contributed by atoms with Crippen LogP contribution in [-0.2, 0) is 16.0 Å². The number of carbonyl (C=O) groups excluding carboxylic acids is 1. The van der Waals surface area contributed by atoms with E-state index in [1.54, 1.807) is 0 Å². The Kier molecular flexibility index (Phi) is 6.67. The maximum Gasteiger partial charge on any atom is 0.317 e. The fraction of sp³-hybridized carbons (Fsp3) is 0.632. The smallest absolute Gasteiger partial charge is 0.317 e. The van der Waals surface area contributed by atoms with E-state index in [0.717, 1.165) is 32.7 Å². The summed E-state index contributed by atoms with van der Waals surface area (Å²) in [6.45, 7) is 7.98. The summed E-state index contributed by atoms with van der Waals surface area (Å²) >= 11 is 0. The lowest BCUT2D eigenvalue weighted by atomic mass is 10.2. The van der Waals surface area contributed by atoms with Gasteiger partial charge in [-0.05, 0) is 18.9 Å². The van der Waals surface area contributed by atoms with E-state index in [9.17, 15) is 4.79 Å². The largest absolute Gasteiger partial charge is 0.377 e. The van der Waals surface area contributed by atoms with Gasteiger partial charge in [-0.25, -0.2) is 4.79 Å². The number of nitrogens with one attached hydrogen (secondary N) is 1. The molecule has 2 saturated heterocycles. The van der Waals surface area contributed by atoms with Gasteiger partial charge in [-0.3, -0.25) is 4.90 Å². The van der Waals surface area contributed by atoms with Gasteiger partial charge in [0, 0.05) is 39.3 Å². The summed E-state index contributed by atoms with van der Waals surface area (Å²) in [4.78, 5) is 16.7. The fourth-order valence-corrected chi connectivity index (χ4v) is 3.41. The topological polar surface area (TPSA) is 54.0 Å². The predicted octanol–water partition coefficient (Wildman–Crippen LogP) is 1.71. The molecule has 1 aromatic rings. The molecule has 0 aliphatic carbocycles. The number of benzene rings is 1. The van der Waals surface area contributed by atoms with Gasteiger partial charge in [0.2, 0.25) is 0 Å². The monoisotopic (exact) mass is 347 g/mol. The Morgan fingerprint density at radius 3 is 2.88 bits per heavy atom. The van der Waals surface area contributed by atoms with Crippen molar-refractivity contribution in [1.82, 2.24) is 15.1 Å². The number of nitrogens with zero attached hydrogens (tertiary/aromatic N) is 2. The first-order valence-electron chi connectivity index (χ1n) is 9.22. The Labute approximate surface area is 150 Å². The summed E-state index contributed by atoms with van der Waals surface area (Å²) in [5, 5.41) is 3.04. The van der Waals surface area contributed by atoms with Crippen LogP contribution < -0.4 is 5.32 Å². The third-order valence-corrected chi connectivity index (χ3v) is 4.79. The van der Waals surface area contributed by atoms with Crippen LogP contribution in [0, 0.1) is 0 Å². The van der Waals surface area contributed by atoms with E-state index in [-0.39, 0.29) is 18.2 Å². The van der Waals surface area contributed by atoms with Crippen LogP contribution >= 0.6 is 0 Å². The second-order valence-corrected chi connectivity index (χ2v) is 6.87. The number of rotatable bonds is 4. The summed E-state index contributed by atoms with van der Waals surface area (Å²) in [6, 6.07) is 10.6. The number of carbonyl (C=O) groups is 1. The zero-order chi connectivity index (χ0) is 17.5. The average Bonchev–Trinajstić information content (AvgIpc) is 2.86. The maximum atomic E-state index is 12.4. The van der Waals surface area contributed by atoms with Gasteiger partial charge in [-0.15, -0.1) is 0 Å². The first-order valence-corrected chi connectivity index (χ1v) is 9.22. The molecule has 0 saturated carbocycles. The second-order valence-electron chi connectivity index (χ2n) is 6.87. The predicted molar refractivity (Wildman–Crippen MR) is 96.5 cm³/mol. The zero-order valence-electron chi connectivity index (χ0n) is 15.0. The molecule has 1 aromatic carbocycles. The average molecular weight is 347 g/mol. The highest BCUT2D eigenvalue weighted by Crippen LogP contribution is 2.11. The molecule has 2 atom stereocenters. The van der Waals surface area contributed by atoms with Crippen molar-refractivity contribution < 1.29 is 14.3 Å². The Bertz CT molecular complexity index is 540. The van der Waals surface area contributed by atoms with Crippen LogP contribution in [0.3, 0.4) is 0 Å². The van der Waals surface area contributed by atoms with Gasteiger partial charge in [0.15, 0.2) is 0 Å². The molecular formula is C19H29N3O3. The molecule has 0 aromatic heterocycles. The van der Waals surface area contributed by atoms with E-state index in [0.29, 0.717) is 26.3 Å². The first kappa shape index (κ1) is 18.2. The van der Waals surface area contributed by atoms with E-state index >= 15 is 0 Å². The molecular weight excluding hydrogens is 318 g/mol. The number of ether oxygens (including phenoxy) is 2. The van der Waals surface area contributed by atoms with Crippen molar-refractivity contribution in [1.29, 1.82) is 0 Å². The third kappa shape index (κ3) is 5.42. The Morgan fingerprint density at radius 1 is 1.24 bits per heavy atom. The number of hydrogen-bond acceptors (Lipinski definition) is 4. The molecule has 138 valence electrons. The summed E-state index contributed by atoms with van der Waals surface area (Å²) in [7, 11) is 0. The number of amides is 2. The van der Waals surface area contributed by atoms with Crippen molar-refractivity contribution in [3.8, 4) is 0 Å². The SMILES string of the molecule is C[C@@H]1COCCN1C(=O)NC[C@H]1CN(Cc2ccccc2)CCCO1. The van der Waals surface area contributed by atoms with Crippen LogP contribution in [0.5, 0.6) is 0 Å². The van der Waals surface area contributed by atoms with E-state index in [2.05, 4.69) is 34.5 Å². The third-order valence-electron chi connectivity index (χ3n) is 4.79. The van der Waals surface area contributed by atoms with E-state index < -0.39 is 0 Å². The van der Waals surface area contributed by atoms with Crippen molar-refractivity contribution in [3.05, 3.63) is 35.9 Å². The van der Waals surface area contributed by atoms with E-state index in [4.69, 9.17) is 9.47 Å². The molecule has 25 heavy (non-hydrogen) atoms.